The van der Waals surface area contributed by atoms with Gasteiger partial charge in [0, 0.05) is 19.0 Å². The molecule has 5 rings (SSSR count). The molecule has 2 aromatic heterocycles. The molecule has 0 atom stereocenters. The van der Waals surface area contributed by atoms with Gasteiger partial charge >= 0.3 is 6.18 Å². The monoisotopic (exact) mass is 469 g/mol. The van der Waals surface area contributed by atoms with Crippen molar-refractivity contribution in [2.24, 2.45) is 7.05 Å². The van der Waals surface area contributed by atoms with E-state index >= 15 is 0 Å². The van der Waals surface area contributed by atoms with Crippen LogP contribution < -0.4 is 4.90 Å². The number of pyridine rings is 1. The Morgan fingerprint density at radius 2 is 2.03 bits per heavy atom. The molecule has 0 aliphatic carbocycles. The van der Waals surface area contributed by atoms with Crippen molar-refractivity contribution >= 4 is 17.3 Å². The number of nitrogens with zero attached hydrogens (tertiary/aromatic N) is 5. The summed E-state index contributed by atoms with van der Waals surface area (Å²) >= 11 is 0. The van der Waals surface area contributed by atoms with E-state index in [1.165, 1.54) is 17.0 Å². The highest BCUT2D eigenvalue weighted by molar-refractivity contribution is 6.10. The first-order valence-corrected chi connectivity index (χ1v) is 10.9. The zero-order chi connectivity index (χ0) is 23.9. The quantitative estimate of drug-likeness (QED) is 0.565. The van der Waals surface area contributed by atoms with Gasteiger partial charge in [-0.25, -0.2) is 4.98 Å². The molecule has 0 saturated carbocycles. The van der Waals surface area contributed by atoms with Gasteiger partial charge in [-0.05, 0) is 53.8 Å². The van der Waals surface area contributed by atoms with Crippen molar-refractivity contribution < 1.29 is 22.7 Å². The Balaban J connectivity index is 1.52. The summed E-state index contributed by atoms with van der Waals surface area (Å²) in [6.45, 7) is 0.860. The minimum atomic E-state index is -4.54. The van der Waals surface area contributed by atoms with Crippen LogP contribution in [0.2, 0.25) is 0 Å². The van der Waals surface area contributed by atoms with E-state index in [-0.39, 0.29) is 17.7 Å². The molecule has 1 aromatic carbocycles. The lowest BCUT2D eigenvalue weighted by atomic mass is 10.0. The van der Waals surface area contributed by atoms with Crippen LogP contribution >= 0.6 is 0 Å². The number of anilines is 1. The fraction of sp³-hybridized carbons (Fsp3) is 0.333. The summed E-state index contributed by atoms with van der Waals surface area (Å²) in [6.07, 6.45) is 0.945. The number of carbonyl (C=O) groups excluding carboxylic acids is 1. The molecule has 0 radical (unpaired) electrons. The van der Waals surface area contributed by atoms with Gasteiger partial charge in [-0.1, -0.05) is 12.1 Å². The molecule has 176 valence electrons. The maximum Gasteiger partial charge on any atom is 0.416 e. The summed E-state index contributed by atoms with van der Waals surface area (Å²) in [4.78, 5) is 19.1. The highest BCUT2D eigenvalue weighted by Crippen LogP contribution is 2.38. The van der Waals surface area contributed by atoms with Gasteiger partial charge in [0.1, 0.15) is 18.0 Å². The highest BCUT2D eigenvalue weighted by Gasteiger charge is 2.40. The van der Waals surface area contributed by atoms with Gasteiger partial charge in [0.2, 0.25) is 0 Å². The highest BCUT2D eigenvalue weighted by atomic mass is 19.4. The molecule has 34 heavy (non-hydrogen) atoms. The molecular formula is C24H22F3N5O2. The predicted molar refractivity (Wildman–Crippen MR) is 118 cm³/mol. The van der Waals surface area contributed by atoms with Crippen LogP contribution in [0.4, 0.5) is 19.0 Å². The Hall–Kier alpha value is -3.53. The molecule has 0 bridgehead atoms. The summed E-state index contributed by atoms with van der Waals surface area (Å²) in [5.74, 6) is 0.669. The number of halogens is 3. The Bertz CT molecular complexity index is 1280. The third-order valence-electron chi connectivity index (χ3n) is 6.16. The molecule has 10 heteroatoms. The molecule has 2 aliphatic rings. The summed E-state index contributed by atoms with van der Waals surface area (Å²) in [5.41, 5.74) is 1.87. The van der Waals surface area contributed by atoms with Crippen molar-refractivity contribution in [3.63, 3.8) is 0 Å². The number of aryl methyl sites for hydroxylation is 3. The standard InChI is InChI=1S/C24H22F3N5O2/c1-31-14-28-30-21(31)6-5-15-11-20(16-7-9-34-10-8-16)29-22(12-15)32-13-18-17(23(32)33)3-2-4-19(18)24(25,26)27/h2-4,7,11-12,14H,5-6,8-10,13H2,1H3. The SMILES string of the molecule is Cn1cnnc1CCc1cc(C2=CCOCC2)nc(N2Cc3c(cccc3C(F)(F)F)C2=O)c1. The minimum absolute atomic E-state index is 0.0156. The molecule has 0 saturated heterocycles. The number of ether oxygens (including phenoxy) is 1. The van der Waals surface area contributed by atoms with Gasteiger partial charge in [0.15, 0.2) is 0 Å². The number of hydrogen-bond donors (Lipinski definition) is 0. The molecule has 4 heterocycles. The first-order valence-electron chi connectivity index (χ1n) is 10.9. The van der Waals surface area contributed by atoms with E-state index in [2.05, 4.69) is 10.2 Å². The van der Waals surface area contributed by atoms with Crippen molar-refractivity contribution in [3.05, 3.63) is 76.5 Å². The molecule has 0 N–H and O–H groups in total. The number of carbonyl (C=O) groups is 1. The molecule has 0 unspecified atom stereocenters. The molecule has 1 amide bonds. The number of benzene rings is 1. The van der Waals surface area contributed by atoms with E-state index in [0.717, 1.165) is 23.0 Å². The van der Waals surface area contributed by atoms with E-state index in [9.17, 15) is 18.0 Å². The third-order valence-corrected chi connectivity index (χ3v) is 6.16. The topological polar surface area (TPSA) is 73.1 Å². The van der Waals surface area contributed by atoms with Crippen LogP contribution in [0.5, 0.6) is 0 Å². The predicted octanol–water partition coefficient (Wildman–Crippen LogP) is 3.98. The second-order valence-electron chi connectivity index (χ2n) is 8.35. The van der Waals surface area contributed by atoms with Crippen LogP contribution in [0.3, 0.4) is 0 Å². The lowest BCUT2D eigenvalue weighted by molar-refractivity contribution is -0.138. The average molecular weight is 469 g/mol. The van der Waals surface area contributed by atoms with E-state index in [1.54, 1.807) is 12.4 Å². The van der Waals surface area contributed by atoms with Crippen LogP contribution in [-0.2, 0) is 37.3 Å². The Labute approximate surface area is 193 Å². The van der Waals surface area contributed by atoms with Crippen LogP contribution in [0.15, 0.2) is 42.7 Å². The number of rotatable bonds is 5. The zero-order valence-corrected chi connectivity index (χ0v) is 18.5. The smallest absolute Gasteiger partial charge is 0.377 e. The number of fused-ring (bicyclic) bond motifs is 1. The fourth-order valence-electron chi connectivity index (χ4n) is 4.35. The zero-order valence-electron chi connectivity index (χ0n) is 18.5. The van der Waals surface area contributed by atoms with Crippen molar-refractivity contribution in [2.45, 2.75) is 32.0 Å². The lowest BCUT2D eigenvalue weighted by Gasteiger charge is -2.20. The molecule has 7 nitrogen and oxygen atoms in total. The lowest BCUT2D eigenvalue weighted by Crippen LogP contribution is -2.25. The number of aromatic nitrogens is 4. The second-order valence-corrected chi connectivity index (χ2v) is 8.35. The van der Waals surface area contributed by atoms with Gasteiger partial charge in [0.25, 0.3) is 5.91 Å². The largest absolute Gasteiger partial charge is 0.416 e. The minimum Gasteiger partial charge on any atom is -0.377 e. The number of alkyl halides is 3. The normalized spacial score (nSPS) is 16.1. The van der Waals surface area contributed by atoms with Gasteiger partial charge in [-0.2, -0.15) is 13.2 Å². The van der Waals surface area contributed by atoms with E-state index in [1.807, 2.05) is 23.8 Å². The van der Waals surface area contributed by atoms with Crippen molar-refractivity contribution in [1.29, 1.82) is 0 Å². The first kappa shape index (κ1) is 22.3. The fourth-order valence-corrected chi connectivity index (χ4v) is 4.35. The van der Waals surface area contributed by atoms with Crippen LogP contribution in [-0.4, -0.2) is 38.9 Å². The van der Waals surface area contributed by atoms with Crippen molar-refractivity contribution in [3.8, 4) is 0 Å². The van der Waals surface area contributed by atoms with Crippen LogP contribution in [0.25, 0.3) is 5.57 Å². The molecule has 0 spiro atoms. The summed E-state index contributed by atoms with van der Waals surface area (Å²) in [7, 11) is 1.87. The number of hydrogen-bond acceptors (Lipinski definition) is 5. The molecule has 3 aromatic rings. The number of amides is 1. The van der Waals surface area contributed by atoms with Gasteiger partial charge in [0.05, 0.1) is 31.0 Å². The first-order chi connectivity index (χ1) is 16.3. The average Bonchev–Trinajstić information content (AvgIpc) is 3.40. The van der Waals surface area contributed by atoms with Crippen LogP contribution in [0, 0.1) is 0 Å². The second kappa shape index (κ2) is 8.68. The van der Waals surface area contributed by atoms with E-state index < -0.39 is 17.6 Å². The van der Waals surface area contributed by atoms with E-state index in [0.29, 0.717) is 44.0 Å². The Morgan fingerprint density at radius 1 is 1.18 bits per heavy atom. The van der Waals surface area contributed by atoms with Gasteiger partial charge < -0.3 is 9.30 Å². The van der Waals surface area contributed by atoms with Gasteiger partial charge in [-0.15, -0.1) is 10.2 Å². The summed E-state index contributed by atoms with van der Waals surface area (Å²) in [6, 6.07) is 7.46. The van der Waals surface area contributed by atoms with Crippen LogP contribution in [0.1, 0.15) is 45.0 Å². The molecular weight excluding hydrogens is 447 g/mol. The maximum atomic E-state index is 13.6. The Kier molecular flexibility index (Phi) is 5.68. The summed E-state index contributed by atoms with van der Waals surface area (Å²) < 4.78 is 47.9. The molecule has 2 aliphatic heterocycles. The van der Waals surface area contributed by atoms with Gasteiger partial charge in [-0.3, -0.25) is 9.69 Å². The van der Waals surface area contributed by atoms with E-state index in [4.69, 9.17) is 9.72 Å². The maximum absolute atomic E-state index is 13.6. The van der Waals surface area contributed by atoms with Crippen molar-refractivity contribution in [1.82, 2.24) is 19.7 Å². The Morgan fingerprint density at radius 3 is 2.74 bits per heavy atom. The third kappa shape index (κ3) is 4.21. The molecule has 0 fully saturated rings. The van der Waals surface area contributed by atoms with Crippen molar-refractivity contribution in [2.75, 3.05) is 18.1 Å². The summed E-state index contributed by atoms with van der Waals surface area (Å²) in [5, 5.41) is 8.01.